The van der Waals surface area contributed by atoms with E-state index >= 15 is 0 Å². The zero-order chi connectivity index (χ0) is 15.8. The molecule has 0 amide bonds. The van der Waals surface area contributed by atoms with E-state index in [4.69, 9.17) is 13.9 Å². The van der Waals surface area contributed by atoms with E-state index in [-0.39, 0.29) is 11.1 Å². The molecule has 0 unspecified atom stereocenters. The summed E-state index contributed by atoms with van der Waals surface area (Å²) in [6.45, 7) is 18.8. The first kappa shape index (κ1) is 17.8. The SMILES string of the molecule is C=C[C@@H](O)[C@@H]1OC(C)(C)O[C@H]1CO[Si](C)(C)C(C)(C)C. The van der Waals surface area contributed by atoms with Gasteiger partial charge in [-0.15, -0.1) is 6.58 Å². The van der Waals surface area contributed by atoms with Crippen LogP contribution in [0.15, 0.2) is 12.7 Å². The minimum atomic E-state index is -1.84. The lowest BCUT2D eigenvalue weighted by Crippen LogP contribution is -2.45. The number of hydrogen-bond acceptors (Lipinski definition) is 4. The highest BCUT2D eigenvalue weighted by Gasteiger charge is 2.46. The molecule has 1 rings (SSSR count). The molecule has 0 aromatic rings. The molecule has 1 heterocycles. The van der Waals surface area contributed by atoms with Gasteiger partial charge in [-0.3, -0.25) is 0 Å². The lowest BCUT2D eigenvalue weighted by molar-refractivity contribution is -0.154. The Labute approximate surface area is 124 Å². The molecular formula is C15H30O4Si. The molecule has 5 heteroatoms. The second-order valence-corrected chi connectivity index (χ2v) is 12.2. The van der Waals surface area contributed by atoms with Crippen molar-refractivity contribution in [3.8, 4) is 0 Å². The van der Waals surface area contributed by atoms with Gasteiger partial charge in [0.15, 0.2) is 14.1 Å². The molecule has 1 aliphatic heterocycles. The van der Waals surface area contributed by atoms with Crippen molar-refractivity contribution in [2.24, 2.45) is 0 Å². The third-order valence-corrected chi connectivity index (χ3v) is 8.71. The fourth-order valence-electron chi connectivity index (χ4n) is 1.92. The standard InChI is InChI=1S/C15H30O4Si/c1-9-11(16)13-12(18-15(5,6)19-13)10-17-20(7,8)14(2,3)4/h9,11-13,16H,1,10H2,2-8H3/t11-,12+,13+/m1/s1. The second-order valence-electron chi connectivity index (χ2n) is 7.44. The Balaban J connectivity index is 2.72. The van der Waals surface area contributed by atoms with E-state index in [0.717, 1.165) is 0 Å². The van der Waals surface area contributed by atoms with E-state index in [1.54, 1.807) is 0 Å². The molecule has 0 saturated carbocycles. The Morgan fingerprint density at radius 2 is 1.90 bits per heavy atom. The zero-order valence-corrected chi connectivity index (χ0v) is 14.9. The van der Waals surface area contributed by atoms with E-state index in [2.05, 4.69) is 40.4 Å². The first-order valence-corrected chi connectivity index (χ1v) is 10.1. The van der Waals surface area contributed by atoms with Gasteiger partial charge in [-0.25, -0.2) is 0 Å². The average Bonchev–Trinajstić information content (AvgIpc) is 2.59. The summed E-state index contributed by atoms with van der Waals surface area (Å²) < 4.78 is 17.8. The van der Waals surface area contributed by atoms with Crippen molar-refractivity contribution in [2.45, 2.75) is 76.8 Å². The quantitative estimate of drug-likeness (QED) is 0.626. The van der Waals surface area contributed by atoms with Gasteiger partial charge in [-0.1, -0.05) is 26.8 Å². The van der Waals surface area contributed by atoms with Crippen molar-refractivity contribution >= 4 is 8.32 Å². The van der Waals surface area contributed by atoms with Crippen molar-refractivity contribution in [3.63, 3.8) is 0 Å². The van der Waals surface area contributed by atoms with Gasteiger partial charge in [0.05, 0.1) is 6.61 Å². The van der Waals surface area contributed by atoms with E-state index < -0.39 is 26.3 Å². The average molecular weight is 302 g/mol. The van der Waals surface area contributed by atoms with Gasteiger partial charge in [-0.2, -0.15) is 0 Å². The summed E-state index contributed by atoms with van der Waals surface area (Å²) in [5, 5.41) is 10.1. The van der Waals surface area contributed by atoms with Gasteiger partial charge < -0.3 is 19.0 Å². The molecule has 0 bridgehead atoms. The van der Waals surface area contributed by atoms with E-state index in [9.17, 15) is 5.11 Å². The minimum absolute atomic E-state index is 0.147. The molecule has 1 saturated heterocycles. The van der Waals surface area contributed by atoms with Crippen LogP contribution >= 0.6 is 0 Å². The van der Waals surface area contributed by atoms with Gasteiger partial charge in [0.25, 0.3) is 0 Å². The summed E-state index contributed by atoms with van der Waals surface area (Å²) in [7, 11) is -1.84. The summed E-state index contributed by atoms with van der Waals surface area (Å²) in [5.74, 6) is -0.698. The van der Waals surface area contributed by atoms with E-state index in [1.165, 1.54) is 6.08 Å². The summed E-state index contributed by atoms with van der Waals surface area (Å²) in [6, 6.07) is 0. The maximum absolute atomic E-state index is 9.98. The maximum atomic E-state index is 9.98. The van der Waals surface area contributed by atoms with Crippen LogP contribution in [0.2, 0.25) is 18.1 Å². The van der Waals surface area contributed by atoms with Crippen LogP contribution in [-0.2, 0) is 13.9 Å². The highest BCUT2D eigenvalue weighted by atomic mass is 28.4. The molecule has 0 aromatic carbocycles. The summed E-state index contributed by atoms with van der Waals surface area (Å²) in [6.07, 6.45) is 0.0403. The number of rotatable bonds is 5. The number of hydrogen-bond donors (Lipinski definition) is 1. The van der Waals surface area contributed by atoms with Gasteiger partial charge >= 0.3 is 0 Å². The highest BCUT2D eigenvalue weighted by Crippen LogP contribution is 2.38. The molecule has 0 aromatic heterocycles. The minimum Gasteiger partial charge on any atom is -0.414 e. The first-order chi connectivity index (χ1) is 8.89. The maximum Gasteiger partial charge on any atom is 0.192 e. The monoisotopic (exact) mass is 302 g/mol. The van der Waals surface area contributed by atoms with Crippen molar-refractivity contribution in [2.75, 3.05) is 6.61 Å². The number of aliphatic hydroxyl groups excluding tert-OH is 1. The van der Waals surface area contributed by atoms with Crippen LogP contribution in [0.4, 0.5) is 0 Å². The first-order valence-electron chi connectivity index (χ1n) is 7.20. The Hall–Kier alpha value is -0.203. The van der Waals surface area contributed by atoms with Crippen LogP contribution in [0, 0.1) is 0 Å². The van der Waals surface area contributed by atoms with Crippen LogP contribution in [0.5, 0.6) is 0 Å². The van der Waals surface area contributed by atoms with Crippen molar-refractivity contribution in [1.82, 2.24) is 0 Å². The van der Waals surface area contributed by atoms with Gasteiger partial charge in [0.1, 0.15) is 18.3 Å². The van der Waals surface area contributed by atoms with Crippen LogP contribution in [-0.4, -0.2) is 44.1 Å². The molecule has 0 radical (unpaired) electrons. The topological polar surface area (TPSA) is 47.9 Å². The van der Waals surface area contributed by atoms with Crippen LogP contribution in [0.3, 0.4) is 0 Å². The van der Waals surface area contributed by atoms with Crippen molar-refractivity contribution in [3.05, 3.63) is 12.7 Å². The molecule has 20 heavy (non-hydrogen) atoms. The Kier molecular flexibility index (Phi) is 5.25. The fraction of sp³-hybridized carbons (Fsp3) is 0.867. The largest absolute Gasteiger partial charge is 0.414 e. The summed E-state index contributed by atoms with van der Waals surface area (Å²) >= 11 is 0. The predicted molar refractivity (Wildman–Crippen MR) is 83.2 cm³/mol. The van der Waals surface area contributed by atoms with Crippen LogP contribution in [0.25, 0.3) is 0 Å². The van der Waals surface area contributed by atoms with E-state index in [0.29, 0.717) is 6.61 Å². The Morgan fingerprint density at radius 1 is 1.35 bits per heavy atom. The molecule has 1 N–H and O–H groups in total. The van der Waals surface area contributed by atoms with Crippen molar-refractivity contribution in [1.29, 1.82) is 0 Å². The lowest BCUT2D eigenvalue weighted by Gasteiger charge is -2.37. The van der Waals surface area contributed by atoms with Gasteiger partial charge in [-0.05, 0) is 32.0 Å². The second kappa shape index (κ2) is 5.89. The summed E-state index contributed by atoms with van der Waals surface area (Å²) in [5.41, 5.74) is 0. The predicted octanol–water partition coefficient (Wildman–Crippen LogP) is 3.08. The molecule has 118 valence electrons. The zero-order valence-electron chi connectivity index (χ0n) is 13.9. The third-order valence-electron chi connectivity index (χ3n) is 4.21. The fourth-order valence-corrected chi connectivity index (χ4v) is 2.94. The van der Waals surface area contributed by atoms with Crippen LogP contribution < -0.4 is 0 Å². The third kappa shape index (κ3) is 4.15. The lowest BCUT2D eigenvalue weighted by atomic mass is 10.1. The van der Waals surface area contributed by atoms with Gasteiger partial charge in [0, 0.05) is 0 Å². The molecule has 1 fully saturated rings. The normalized spacial score (nSPS) is 28.4. The molecular weight excluding hydrogens is 272 g/mol. The van der Waals surface area contributed by atoms with Crippen molar-refractivity contribution < 1.29 is 19.0 Å². The molecule has 1 aliphatic rings. The van der Waals surface area contributed by atoms with Gasteiger partial charge in [0.2, 0.25) is 0 Å². The van der Waals surface area contributed by atoms with Crippen LogP contribution in [0.1, 0.15) is 34.6 Å². The molecule has 0 spiro atoms. The van der Waals surface area contributed by atoms with E-state index in [1.807, 2.05) is 13.8 Å². The smallest absolute Gasteiger partial charge is 0.192 e. The Morgan fingerprint density at radius 3 is 2.35 bits per heavy atom. The Bertz CT molecular complexity index is 346. The number of aliphatic hydroxyl groups is 1. The molecule has 4 nitrogen and oxygen atoms in total. The highest BCUT2D eigenvalue weighted by molar-refractivity contribution is 6.74. The summed E-state index contributed by atoms with van der Waals surface area (Å²) in [4.78, 5) is 0. The molecule has 3 atom stereocenters. The number of ether oxygens (including phenoxy) is 2. The molecule has 0 aliphatic carbocycles.